The molecule has 0 radical (unpaired) electrons. The van der Waals surface area contributed by atoms with E-state index in [2.05, 4.69) is 0 Å². The van der Waals surface area contributed by atoms with Crippen LogP contribution in [0.25, 0.3) is 0 Å². The highest BCUT2D eigenvalue weighted by Crippen LogP contribution is 2.39. The predicted molar refractivity (Wildman–Crippen MR) is 87.1 cm³/mol. The molecule has 6 nitrogen and oxygen atoms in total. The normalized spacial score (nSPS) is 12.3. The smallest absolute Gasteiger partial charge is 0.308 e. The Morgan fingerprint density at radius 1 is 0.760 bits per heavy atom. The van der Waals surface area contributed by atoms with Crippen LogP contribution in [-0.4, -0.2) is 23.5 Å². The number of carbonyl (C=O) groups is 4. The molecule has 0 bridgehead atoms. The van der Waals surface area contributed by atoms with Crippen molar-refractivity contribution in [3.8, 4) is 11.5 Å². The van der Waals surface area contributed by atoms with Crippen LogP contribution in [0.1, 0.15) is 51.3 Å². The molecule has 3 rings (SSSR count). The summed E-state index contributed by atoms with van der Waals surface area (Å²) >= 11 is 0. The van der Waals surface area contributed by atoms with Crippen molar-refractivity contribution in [2.75, 3.05) is 0 Å². The summed E-state index contributed by atoms with van der Waals surface area (Å²) in [6, 6.07) is 7.56. The third-order valence-corrected chi connectivity index (χ3v) is 3.75. The molecule has 0 saturated carbocycles. The summed E-state index contributed by atoms with van der Waals surface area (Å²) in [5, 5.41) is 0. The van der Waals surface area contributed by atoms with E-state index in [1.54, 1.807) is 25.1 Å². The van der Waals surface area contributed by atoms with Crippen LogP contribution in [-0.2, 0) is 9.59 Å². The Balaban J connectivity index is 2.30. The number of hydrogen-bond acceptors (Lipinski definition) is 6. The molecular weight excluding hydrogens is 324 g/mol. The van der Waals surface area contributed by atoms with Gasteiger partial charge in [-0.3, -0.25) is 19.2 Å². The van der Waals surface area contributed by atoms with Gasteiger partial charge in [0.15, 0.2) is 11.6 Å². The van der Waals surface area contributed by atoms with Gasteiger partial charge in [0.25, 0.3) is 0 Å². The van der Waals surface area contributed by atoms with Gasteiger partial charge in [0.2, 0.25) is 0 Å². The lowest BCUT2D eigenvalue weighted by Gasteiger charge is -2.22. The Hall–Kier alpha value is -3.28. The fraction of sp³-hybridized carbons (Fsp3) is 0.158. The zero-order valence-electron chi connectivity index (χ0n) is 13.8. The van der Waals surface area contributed by atoms with E-state index in [4.69, 9.17) is 9.47 Å². The fourth-order valence-corrected chi connectivity index (χ4v) is 2.81. The summed E-state index contributed by atoms with van der Waals surface area (Å²) in [6.45, 7) is 4.19. The molecule has 0 fully saturated rings. The molecular formula is C19H14O6. The summed E-state index contributed by atoms with van der Waals surface area (Å²) in [6.07, 6.45) is 0. The van der Waals surface area contributed by atoms with Crippen molar-refractivity contribution in [3.63, 3.8) is 0 Å². The van der Waals surface area contributed by atoms with Crippen LogP contribution in [0.3, 0.4) is 0 Å². The molecule has 0 saturated heterocycles. The summed E-state index contributed by atoms with van der Waals surface area (Å²) in [7, 11) is 0. The van der Waals surface area contributed by atoms with E-state index in [0.29, 0.717) is 0 Å². The van der Waals surface area contributed by atoms with Gasteiger partial charge in [0.1, 0.15) is 11.5 Å². The van der Waals surface area contributed by atoms with Crippen LogP contribution in [0, 0.1) is 6.92 Å². The van der Waals surface area contributed by atoms with E-state index in [0.717, 1.165) is 5.56 Å². The number of hydrogen-bond donors (Lipinski definition) is 0. The van der Waals surface area contributed by atoms with Gasteiger partial charge in [0.05, 0.1) is 11.1 Å². The molecule has 0 unspecified atom stereocenters. The number of esters is 2. The SMILES string of the molecule is CC(=O)Oc1ccc(OC(C)=O)c2c1C(=O)c1ccc(C)cc1C2=O. The lowest BCUT2D eigenvalue weighted by Crippen LogP contribution is -2.24. The van der Waals surface area contributed by atoms with E-state index in [-0.39, 0.29) is 33.8 Å². The van der Waals surface area contributed by atoms with Crippen molar-refractivity contribution >= 4 is 23.5 Å². The van der Waals surface area contributed by atoms with Crippen LogP contribution in [0.5, 0.6) is 11.5 Å². The molecule has 0 aliphatic heterocycles. The highest BCUT2D eigenvalue weighted by molar-refractivity contribution is 6.30. The zero-order chi connectivity index (χ0) is 18.3. The molecule has 25 heavy (non-hydrogen) atoms. The van der Waals surface area contributed by atoms with Gasteiger partial charge in [-0.2, -0.15) is 0 Å². The molecule has 0 N–H and O–H groups in total. The third-order valence-electron chi connectivity index (χ3n) is 3.75. The predicted octanol–water partition coefficient (Wildman–Crippen LogP) is 2.62. The molecule has 0 spiro atoms. The Bertz CT molecular complexity index is 955. The number of ether oxygens (including phenoxy) is 2. The summed E-state index contributed by atoms with van der Waals surface area (Å²) < 4.78 is 10.2. The Labute approximate surface area is 143 Å². The minimum atomic E-state index is -0.627. The van der Waals surface area contributed by atoms with E-state index in [9.17, 15) is 19.2 Å². The van der Waals surface area contributed by atoms with Crippen LogP contribution in [0.4, 0.5) is 0 Å². The van der Waals surface area contributed by atoms with Crippen molar-refractivity contribution < 1.29 is 28.7 Å². The second kappa shape index (κ2) is 5.98. The molecule has 0 amide bonds. The number of aryl methyl sites for hydroxylation is 1. The first-order valence-corrected chi connectivity index (χ1v) is 7.53. The minimum Gasteiger partial charge on any atom is -0.426 e. The molecule has 2 aromatic rings. The standard InChI is InChI=1S/C19H14O6/c1-9-4-5-12-13(8-9)19(23)17-15(25-11(3)21)7-6-14(24-10(2)20)16(17)18(12)22/h4-8H,1-3H3. The van der Waals surface area contributed by atoms with Crippen molar-refractivity contribution in [1.82, 2.24) is 0 Å². The van der Waals surface area contributed by atoms with Gasteiger partial charge in [-0.15, -0.1) is 0 Å². The topological polar surface area (TPSA) is 86.7 Å². The Morgan fingerprint density at radius 2 is 1.24 bits per heavy atom. The number of carbonyl (C=O) groups excluding carboxylic acids is 4. The average Bonchev–Trinajstić information content (AvgIpc) is 2.52. The molecule has 0 atom stereocenters. The van der Waals surface area contributed by atoms with Crippen molar-refractivity contribution in [2.24, 2.45) is 0 Å². The molecule has 2 aromatic carbocycles. The quantitative estimate of drug-likeness (QED) is 0.527. The van der Waals surface area contributed by atoms with Crippen molar-refractivity contribution in [1.29, 1.82) is 0 Å². The second-order valence-corrected chi connectivity index (χ2v) is 5.71. The lowest BCUT2D eigenvalue weighted by molar-refractivity contribution is -0.133. The fourth-order valence-electron chi connectivity index (χ4n) is 2.81. The molecule has 0 heterocycles. The van der Waals surface area contributed by atoms with Crippen molar-refractivity contribution in [3.05, 3.63) is 58.1 Å². The van der Waals surface area contributed by atoms with Gasteiger partial charge in [0, 0.05) is 25.0 Å². The van der Waals surface area contributed by atoms with E-state index < -0.39 is 23.5 Å². The number of benzene rings is 2. The largest absolute Gasteiger partial charge is 0.426 e. The first-order valence-electron chi connectivity index (χ1n) is 7.53. The van der Waals surface area contributed by atoms with Gasteiger partial charge >= 0.3 is 11.9 Å². The van der Waals surface area contributed by atoms with Crippen LogP contribution in [0.2, 0.25) is 0 Å². The highest BCUT2D eigenvalue weighted by atomic mass is 16.5. The average molecular weight is 338 g/mol. The van der Waals surface area contributed by atoms with Gasteiger partial charge in [-0.25, -0.2) is 0 Å². The number of rotatable bonds is 2. The molecule has 1 aliphatic rings. The summed E-state index contributed by atoms with van der Waals surface area (Å²) in [5.74, 6) is -2.25. The Kier molecular flexibility index (Phi) is 3.96. The van der Waals surface area contributed by atoms with Gasteiger partial charge < -0.3 is 9.47 Å². The molecule has 0 aromatic heterocycles. The maximum absolute atomic E-state index is 13.0. The first-order chi connectivity index (χ1) is 11.8. The molecule has 126 valence electrons. The van der Waals surface area contributed by atoms with Crippen LogP contribution >= 0.6 is 0 Å². The number of fused-ring (bicyclic) bond motifs is 2. The zero-order valence-corrected chi connectivity index (χ0v) is 13.8. The van der Waals surface area contributed by atoms with E-state index >= 15 is 0 Å². The summed E-state index contributed by atoms with van der Waals surface area (Å²) in [5.41, 5.74) is 1.11. The monoisotopic (exact) mass is 338 g/mol. The Morgan fingerprint density at radius 3 is 1.72 bits per heavy atom. The number of ketones is 2. The van der Waals surface area contributed by atoms with Crippen LogP contribution < -0.4 is 9.47 Å². The van der Waals surface area contributed by atoms with Crippen LogP contribution in [0.15, 0.2) is 30.3 Å². The first kappa shape index (κ1) is 16.6. The maximum atomic E-state index is 13.0. The third kappa shape index (κ3) is 2.82. The minimum absolute atomic E-state index is 0.0380. The maximum Gasteiger partial charge on any atom is 0.308 e. The van der Waals surface area contributed by atoms with Gasteiger partial charge in [-0.05, 0) is 25.1 Å². The molecule has 6 heteroatoms. The van der Waals surface area contributed by atoms with Gasteiger partial charge in [-0.1, -0.05) is 17.7 Å². The van der Waals surface area contributed by atoms with Crippen molar-refractivity contribution in [2.45, 2.75) is 20.8 Å². The van der Waals surface area contributed by atoms with E-state index in [1.165, 1.54) is 26.0 Å². The lowest BCUT2D eigenvalue weighted by atomic mass is 9.82. The van der Waals surface area contributed by atoms with E-state index in [1.807, 2.05) is 0 Å². The molecule has 1 aliphatic carbocycles. The summed E-state index contributed by atoms with van der Waals surface area (Å²) in [4.78, 5) is 48.6. The second-order valence-electron chi connectivity index (χ2n) is 5.71. The highest BCUT2D eigenvalue weighted by Gasteiger charge is 2.36.